The summed E-state index contributed by atoms with van der Waals surface area (Å²) in [5.74, 6) is 0.0892. The predicted octanol–water partition coefficient (Wildman–Crippen LogP) is 3.97. The summed E-state index contributed by atoms with van der Waals surface area (Å²) in [4.78, 5) is 14.3. The van der Waals surface area contributed by atoms with Gasteiger partial charge >= 0.3 is 0 Å². The summed E-state index contributed by atoms with van der Waals surface area (Å²) in [6.07, 6.45) is 1.48. The quantitative estimate of drug-likeness (QED) is 0.918. The largest absolute Gasteiger partial charge is 0.508 e. The molecule has 0 saturated heterocycles. The van der Waals surface area contributed by atoms with Gasteiger partial charge in [0.15, 0.2) is 4.67 Å². The highest BCUT2D eigenvalue weighted by Gasteiger charge is 2.24. The van der Waals surface area contributed by atoms with Crippen LogP contribution in [-0.2, 0) is 0 Å². The Morgan fingerprint density at radius 1 is 1.45 bits per heavy atom. The first kappa shape index (κ1) is 14.7. The van der Waals surface area contributed by atoms with Gasteiger partial charge in [0.05, 0.1) is 17.9 Å². The number of carbonyl (C=O) groups is 1. The second kappa shape index (κ2) is 6.13. The van der Waals surface area contributed by atoms with Gasteiger partial charge in [0, 0.05) is 6.54 Å². The fourth-order valence-electron chi connectivity index (χ4n) is 2.16. The van der Waals surface area contributed by atoms with Crippen LogP contribution in [0.3, 0.4) is 0 Å². The zero-order chi connectivity index (χ0) is 14.7. The van der Waals surface area contributed by atoms with Gasteiger partial charge in [-0.3, -0.25) is 4.79 Å². The number of aromatic hydroxyl groups is 1. The lowest BCUT2D eigenvalue weighted by molar-refractivity contribution is 0.0700. The van der Waals surface area contributed by atoms with Crippen LogP contribution in [0.5, 0.6) is 5.75 Å². The molecule has 1 aromatic carbocycles. The van der Waals surface area contributed by atoms with E-state index in [1.165, 1.54) is 6.26 Å². The number of furan rings is 1. The Bertz CT molecular complexity index is 609. The summed E-state index contributed by atoms with van der Waals surface area (Å²) in [5.41, 5.74) is 1.39. The van der Waals surface area contributed by atoms with Gasteiger partial charge in [0.25, 0.3) is 5.91 Å². The van der Waals surface area contributed by atoms with Gasteiger partial charge in [-0.25, -0.2) is 0 Å². The van der Waals surface area contributed by atoms with Crippen LogP contribution < -0.4 is 0 Å². The van der Waals surface area contributed by atoms with E-state index in [1.54, 1.807) is 29.2 Å². The SMILES string of the molecule is CCN(C(=O)c1ccoc1Br)C(C)c1cccc(O)c1. The lowest BCUT2D eigenvalue weighted by Crippen LogP contribution is -2.33. The molecule has 1 amide bonds. The number of rotatable bonds is 4. The van der Waals surface area contributed by atoms with Crippen molar-refractivity contribution in [2.75, 3.05) is 6.54 Å². The standard InChI is InChI=1S/C15H16BrNO3/c1-3-17(15(19)13-7-8-20-14(13)16)10(2)11-5-4-6-12(18)9-11/h4-10,18H,3H2,1-2H3. The van der Waals surface area contributed by atoms with Crippen LogP contribution in [0.4, 0.5) is 0 Å². The van der Waals surface area contributed by atoms with Crippen molar-refractivity contribution in [1.82, 2.24) is 4.90 Å². The van der Waals surface area contributed by atoms with Crippen LogP contribution in [0.25, 0.3) is 0 Å². The van der Waals surface area contributed by atoms with Crippen LogP contribution in [0, 0.1) is 0 Å². The Morgan fingerprint density at radius 2 is 2.20 bits per heavy atom. The highest BCUT2D eigenvalue weighted by atomic mass is 79.9. The first-order valence-electron chi connectivity index (χ1n) is 6.37. The molecular weight excluding hydrogens is 322 g/mol. The lowest BCUT2D eigenvalue weighted by Gasteiger charge is -2.28. The van der Waals surface area contributed by atoms with Gasteiger partial charge < -0.3 is 14.4 Å². The van der Waals surface area contributed by atoms with Crippen molar-refractivity contribution in [3.63, 3.8) is 0 Å². The average molecular weight is 338 g/mol. The molecule has 1 atom stereocenters. The molecule has 0 saturated carbocycles. The van der Waals surface area contributed by atoms with E-state index in [0.717, 1.165) is 5.56 Å². The number of carbonyl (C=O) groups excluding carboxylic acids is 1. The molecule has 1 heterocycles. The minimum atomic E-state index is -0.138. The summed E-state index contributed by atoms with van der Waals surface area (Å²) < 4.78 is 5.55. The van der Waals surface area contributed by atoms with Crippen molar-refractivity contribution in [3.05, 3.63) is 52.4 Å². The predicted molar refractivity (Wildman–Crippen MR) is 79.6 cm³/mol. The maximum Gasteiger partial charge on any atom is 0.258 e. The normalized spacial score (nSPS) is 12.2. The number of hydrogen-bond acceptors (Lipinski definition) is 3. The molecule has 0 aliphatic rings. The smallest absolute Gasteiger partial charge is 0.258 e. The molecule has 0 bridgehead atoms. The molecule has 20 heavy (non-hydrogen) atoms. The van der Waals surface area contributed by atoms with E-state index in [4.69, 9.17) is 4.42 Å². The molecule has 106 valence electrons. The number of phenols is 1. The fourth-order valence-corrected chi connectivity index (χ4v) is 2.57. The number of amides is 1. The summed E-state index contributed by atoms with van der Waals surface area (Å²) in [6.45, 7) is 4.42. The van der Waals surface area contributed by atoms with E-state index in [0.29, 0.717) is 16.8 Å². The monoisotopic (exact) mass is 337 g/mol. The molecule has 0 aliphatic heterocycles. The van der Waals surface area contributed by atoms with Gasteiger partial charge in [-0.2, -0.15) is 0 Å². The molecule has 2 aromatic rings. The zero-order valence-electron chi connectivity index (χ0n) is 11.3. The Morgan fingerprint density at radius 3 is 2.75 bits per heavy atom. The molecule has 0 radical (unpaired) electrons. The fraction of sp³-hybridized carbons (Fsp3) is 0.267. The van der Waals surface area contributed by atoms with Crippen molar-refractivity contribution in [3.8, 4) is 5.75 Å². The number of hydrogen-bond donors (Lipinski definition) is 1. The summed E-state index contributed by atoms with van der Waals surface area (Å²) >= 11 is 3.23. The van der Waals surface area contributed by atoms with Crippen molar-refractivity contribution >= 4 is 21.8 Å². The zero-order valence-corrected chi connectivity index (χ0v) is 12.9. The second-order valence-electron chi connectivity index (χ2n) is 4.47. The summed E-state index contributed by atoms with van der Waals surface area (Å²) in [5, 5.41) is 9.56. The Kier molecular flexibility index (Phi) is 4.49. The van der Waals surface area contributed by atoms with Crippen molar-refractivity contribution < 1.29 is 14.3 Å². The minimum absolute atomic E-state index is 0.107. The van der Waals surface area contributed by atoms with E-state index in [2.05, 4.69) is 15.9 Å². The summed E-state index contributed by atoms with van der Waals surface area (Å²) in [7, 11) is 0. The van der Waals surface area contributed by atoms with Crippen LogP contribution in [0.15, 0.2) is 45.7 Å². The van der Waals surface area contributed by atoms with Crippen LogP contribution >= 0.6 is 15.9 Å². The molecule has 2 rings (SSSR count). The molecule has 1 N–H and O–H groups in total. The Hall–Kier alpha value is -1.75. The van der Waals surface area contributed by atoms with E-state index in [9.17, 15) is 9.90 Å². The van der Waals surface area contributed by atoms with Crippen molar-refractivity contribution in [1.29, 1.82) is 0 Å². The van der Waals surface area contributed by atoms with Crippen LogP contribution in [0.1, 0.15) is 35.8 Å². The van der Waals surface area contributed by atoms with Gasteiger partial charge in [0.1, 0.15) is 5.75 Å². The molecule has 1 unspecified atom stereocenters. The second-order valence-corrected chi connectivity index (χ2v) is 5.19. The molecule has 5 heteroatoms. The molecule has 0 aliphatic carbocycles. The van der Waals surface area contributed by atoms with Crippen molar-refractivity contribution in [2.45, 2.75) is 19.9 Å². The molecule has 4 nitrogen and oxygen atoms in total. The molecule has 1 aromatic heterocycles. The number of nitrogens with zero attached hydrogens (tertiary/aromatic N) is 1. The first-order valence-corrected chi connectivity index (χ1v) is 7.16. The van der Waals surface area contributed by atoms with Crippen molar-refractivity contribution in [2.24, 2.45) is 0 Å². The topological polar surface area (TPSA) is 53.7 Å². The third-order valence-electron chi connectivity index (χ3n) is 3.27. The third kappa shape index (κ3) is 2.88. The van der Waals surface area contributed by atoms with Gasteiger partial charge in [0.2, 0.25) is 0 Å². The molecule has 0 fully saturated rings. The Labute approximate surface area is 126 Å². The van der Waals surface area contributed by atoms with E-state index < -0.39 is 0 Å². The van der Waals surface area contributed by atoms with Gasteiger partial charge in [-0.1, -0.05) is 12.1 Å². The summed E-state index contributed by atoms with van der Waals surface area (Å²) in [6, 6.07) is 8.45. The highest BCUT2D eigenvalue weighted by molar-refractivity contribution is 9.10. The van der Waals surface area contributed by atoms with Crippen LogP contribution in [0.2, 0.25) is 0 Å². The Balaban J connectivity index is 2.28. The van der Waals surface area contributed by atoms with Crippen LogP contribution in [-0.4, -0.2) is 22.5 Å². The highest BCUT2D eigenvalue weighted by Crippen LogP contribution is 2.27. The lowest BCUT2D eigenvalue weighted by atomic mass is 10.1. The maximum absolute atomic E-state index is 12.5. The maximum atomic E-state index is 12.5. The minimum Gasteiger partial charge on any atom is -0.508 e. The number of halogens is 1. The first-order chi connectivity index (χ1) is 9.54. The van der Waals surface area contributed by atoms with E-state index >= 15 is 0 Å². The third-order valence-corrected chi connectivity index (χ3v) is 3.88. The van der Waals surface area contributed by atoms with E-state index in [-0.39, 0.29) is 17.7 Å². The molecular formula is C15H16BrNO3. The number of phenolic OH excluding ortho intramolecular Hbond substituents is 1. The average Bonchev–Trinajstić information content (AvgIpc) is 2.85. The van der Waals surface area contributed by atoms with Gasteiger partial charge in [-0.05, 0) is 53.5 Å². The molecule has 0 spiro atoms. The number of benzene rings is 1. The van der Waals surface area contributed by atoms with E-state index in [1.807, 2.05) is 19.9 Å². The van der Waals surface area contributed by atoms with Gasteiger partial charge in [-0.15, -0.1) is 0 Å².